The van der Waals surface area contributed by atoms with Crippen molar-refractivity contribution in [3.05, 3.63) is 99.9 Å². The second-order valence-electron chi connectivity index (χ2n) is 6.92. The van der Waals surface area contributed by atoms with E-state index in [4.69, 9.17) is 33.3 Å². The lowest BCUT2D eigenvalue weighted by molar-refractivity contribution is -0.122. The van der Waals surface area contributed by atoms with Gasteiger partial charge in [0.15, 0.2) is 0 Å². The van der Waals surface area contributed by atoms with Crippen molar-refractivity contribution in [3.8, 4) is 11.5 Å². The minimum Gasteiger partial charge on any atom is -0.489 e. The molecular weight excluding hydrogens is 462 g/mol. The maximum Gasteiger partial charge on any atom is 0.266 e. The number of benzene rings is 3. The van der Waals surface area contributed by atoms with Gasteiger partial charge in [-0.1, -0.05) is 96.2 Å². The lowest BCUT2D eigenvalue weighted by Gasteiger charge is -2.14. The Bertz CT molecular complexity index is 1150. The predicted molar refractivity (Wildman–Crippen MR) is 134 cm³/mol. The summed E-state index contributed by atoms with van der Waals surface area (Å²) in [6, 6.07) is 24.7. The monoisotopic (exact) mass is 481 g/mol. The first-order valence-electron chi connectivity index (χ1n) is 10.0. The van der Waals surface area contributed by atoms with Crippen LogP contribution in [0.15, 0.2) is 83.8 Å². The van der Waals surface area contributed by atoms with E-state index in [9.17, 15) is 4.79 Å². The fourth-order valence-corrected chi connectivity index (χ4v) is 4.58. The molecule has 3 aromatic rings. The molecule has 0 radical (unpaired) electrons. The second-order valence-corrected chi connectivity index (χ2v) is 9.00. The number of thioether (sulfide) groups is 1. The minimum atomic E-state index is -0.0966. The molecule has 0 spiro atoms. The molecule has 0 aliphatic carbocycles. The zero-order chi connectivity index (χ0) is 22.3. The number of hydrogen-bond donors (Lipinski definition) is 0. The molecule has 3 aromatic carbocycles. The first kappa shape index (κ1) is 22.4. The van der Waals surface area contributed by atoms with Crippen LogP contribution >= 0.6 is 35.6 Å². The average Bonchev–Trinajstić information content (AvgIpc) is 3.07. The highest BCUT2D eigenvalue weighted by atomic mass is 35.5. The molecule has 0 saturated carbocycles. The largest absolute Gasteiger partial charge is 0.489 e. The van der Waals surface area contributed by atoms with Gasteiger partial charge in [0.05, 0.1) is 16.5 Å². The number of amides is 1. The Morgan fingerprint density at radius 2 is 1.50 bits per heavy atom. The smallest absolute Gasteiger partial charge is 0.266 e. The SMILES string of the molecule is O=C1C(=Cc2ccccc2OCCOc2ccccc2Cl)SC(=S)N1Cc1ccccc1. The Morgan fingerprint density at radius 1 is 0.875 bits per heavy atom. The summed E-state index contributed by atoms with van der Waals surface area (Å²) in [4.78, 5) is 15.2. The van der Waals surface area contributed by atoms with Crippen molar-refractivity contribution in [2.75, 3.05) is 13.2 Å². The van der Waals surface area contributed by atoms with Crippen molar-refractivity contribution in [1.82, 2.24) is 4.90 Å². The zero-order valence-corrected chi connectivity index (χ0v) is 19.5. The van der Waals surface area contributed by atoms with Gasteiger partial charge >= 0.3 is 0 Å². The van der Waals surface area contributed by atoms with Gasteiger partial charge in [-0.2, -0.15) is 0 Å². The van der Waals surface area contributed by atoms with Crippen molar-refractivity contribution >= 4 is 51.9 Å². The van der Waals surface area contributed by atoms with Crippen molar-refractivity contribution < 1.29 is 14.3 Å². The molecular formula is C25H20ClNO3S2. The topological polar surface area (TPSA) is 38.8 Å². The Kier molecular flexibility index (Phi) is 7.47. The van der Waals surface area contributed by atoms with E-state index in [0.717, 1.165) is 11.1 Å². The molecule has 0 N–H and O–H groups in total. The van der Waals surface area contributed by atoms with Gasteiger partial charge in [-0.05, 0) is 29.8 Å². The van der Waals surface area contributed by atoms with Crippen LogP contribution in [-0.4, -0.2) is 28.3 Å². The minimum absolute atomic E-state index is 0.0966. The van der Waals surface area contributed by atoms with Gasteiger partial charge in [-0.25, -0.2) is 0 Å². The molecule has 1 saturated heterocycles. The summed E-state index contributed by atoms with van der Waals surface area (Å²) in [5, 5.41) is 0.561. The van der Waals surface area contributed by atoms with Crippen LogP contribution in [0.4, 0.5) is 0 Å². The van der Waals surface area contributed by atoms with Crippen LogP contribution in [0.5, 0.6) is 11.5 Å². The number of carbonyl (C=O) groups is 1. The number of para-hydroxylation sites is 2. The highest BCUT2D eigenvalue weighted by Gasteiger charge is 2.32. The Balaban J connectivity index is 1.41. The summed E-state index contributed by atoms with van der Waals surface area (Å²) in [6.45, 7) is 1.14. The Labute approximate surface area is 201 Å². The summed E-state index contributed by atoms with van der Waals surface area (Å²) in [7, 11) is 0. The highest BCUT2D eigenvalue weighted by Crippen LogP contribution is 2.35. The molecule has 1 heterocycles. The van der Waals surface area contributed by atoms with E-state index >= 15 is 0 Å². The van der Waals surface area contributed by atoms with E-state index in [0.29, 0.717) is 45.5 Å². The summed E-state index contributed by atoms with van der Waals surface area (Å²) in [5.41, 5.74) is 1.85. The van der Waals surface area contributed by atoms with E-state index in [2.05, 4.69) is 0 Å². The summed E-state index contributed by atoms with van der Waals surface area (Å²) in [5.74, 6) is 1.19. The predicted octanol–water partition coefficient (Wildman–Crippen LogP) is 6.20. The molecule has 1 aliphatic rings. The number of nitrogens with zero attached hydrogens (tertiary/aromatic N) is 1. The van der Waals surface area contributed by atoms with Crippen molar-refractivity contribution in [2.24, 2.45) is 0 Å². The summed E-state index contributed by atoms with van der Waals surface area (Å²) >= 11 is 12.9. The van der Waals surface area contributed by atoms with Crippen LogP contribution in [0.25, 0.3) is 6.08 Å². The third-order valence-electron chi connectivity index (χ3n) is 4.70. The molecule has 162 valence electrons. The number of ether oxygens (including phenoxy) is 2. The highest BCUT2D eigenvalue weighted by molar-refractivity contribution is 8.26. The van der Waals surface area contributed by atoms with E-state index in [-0.39, 0.29) is 5.91 Å². The molecule has 1 aliphatic heterocycles. The number of halogens is 1. The van der Waals surface area contributed by atoms with E-state index in [1.807, 2.05) is 78.9 Å². The zero-order valence-electron chi connectivity index (χ0n) is 17.1. The molecule has 4 rings (SSSR count). The fourth-order valence-electron chi connectivity index (χ4n) is 3.14. The average molecular weight is 482 g/mol. The fraction of sp³-hybridized carbons (Fsp3) is 0.120. The van der Waals surface area contributed by atoms with E-state index < -0.39 is 0 Å². The third kappa shape index (κ3) is 5.51. The molecule has 0 aromatic heterocycles. The van der Waals surface area contributed by atoms with Crippen LogP contribution in [0.3, 0.4) is 0 Å². The van der Waals surface area contributed by atoms with Crippen LogP contribution < -0.4 is 9.47 Å². The van der Waals surface area contributed by atoms with Gasteiger partial charge in [0, 0.05) is 5.56 Å². The number of rotatable bonds is 8. The standard InChI is InChI=1S/C25H20ClNO3S2/c26-20-11-5-7-13-22(20)30-15-14-29-21-12-6-4-10-19(21)16-23-24(28)27(25(31)32-23)17-18-8-2-1-3-9-18/h1-13,16H,14-15,17H2. The van der Waals surface area contributed by atoms with Gasteiger partial charge in [-0.3, -0.25) is 9.69 Å². The lowest BCUT2D eigenvalue weighted by atomic mass is 10.1. The van der Waals surface area contributed by atoms with Crippen molar-refractivity contribution in [3.63, 3.8) is 0 Å². The summed E-state index contributed by atoms with van der Waals surface area (Å²) < 4.78 is 12.1. The number of hydrogen-bond acceptors (Lipinski definition) is 5. The van der Waals surface area contributed by atoms with Crippen molar-refractivity contribution in [2.45, 2.75) is 6.54 Å². The van der Waals surface area contributed by atoms with Crippen molar-refractivity contribution in [1.29, 1.82) is 0 Å². The molecule has 0 bridgehead atoms. The number of thiocarbonyl (C=S) groups is 1. The van der Waals surface area contributed by atoms with Crippen LogP contribution in [-0.2, 0) is 11.3 Å². The van der Waals surface area contributed by atoms with Crippen LogP contribution in [0, 0.1) is 0 Å². The van der Waals surface area contributed by atoms with Crippen LogP contribution in [0.2, 0.25) is 5.02 Å². The quantitative estimate of drug-likeness (QED) is 0.217. The Morgan fingerprint density at radius 3 is 2.25 bits per heavy atom. The molecule has 32 heavy (non-hydrogen) atoms. The number of carbonyl (C=O) groups excluding carboxylic acids is 1. The van der Waals surface area contributed by atoms with Gasteiger partial charge < -0.3 is 9.47 Å². The molecule has 7 heteroatoms. The summed E-state index contributed by atoms with van der Waals surface area (Å²) in [6.07, 6.45) is 1.83. The maximum atomic E-state index is 13.0. The van der Waals surface area contributed by atoms with Gasteiger partial charge in [-0.15, -0.1) is 0 Å². The van der Waals surface area contributed by atoms with E-state index in [1.165, 1.54) is 11.8 Å². The van der Waals surface area contributed by atoms with E-state index in [1.54, 1.807) is 11.0 Å². The normalized spacial score (nSPS) is 14.8. The molecule has 1 fully saturated rings. The first-order chi connectivity index (χ1) is 15.6. The van der Waals surface area contributed by atoms with Gasteiger partial charge in [0.2, 0.25) is 0 Å². The van der Waals surface area contributed by atoms with Gasteiger partial charge in [0.25, 0.3) is 5.91 Å². The second kappa shape index (κ2) is 10.7. The van der Waals surface area contributed by atoms with Crippen LogP contribution in [0.1, 0.15) is 11.1 Å². The van der Waals surface area contributed by atoms with Gasteiger partial charge in [0.1, 0.15) is 29.0 Å². The maximum absolute atomic E-state index is 13.0. The molecule has 4 nitrogen and oxygen atoms in total. The molecule has 1 amide bonds. The first-order valence-corrected chi connectivity index (χ1v) is 11.6. The lowest BCUT2D eigenvalue weighted by Crippen LogP contribution is -2.27. The third-order valence-corrected chi connectivity index (χ3v) is 6.39. The Hall–Kier alpha value is -2.80. The molecule has 0 atom stereocenters. The molecule has 0 unspecified atom stereocenters.